The molecule has 27 heavy (non-hydrogen) atoms. The minimum atomic E-state index is -1.46. The largest absolute Gasteiger partial charge is 1.00 e. The Balaban J connectivity index is 0.00000261. The predicted molar refractivity (Wildman–Crippen MR) is 91.2 cm³/mol. The molecule has 2 heterocycles. The van der Waals surface area contributed by atoms with E-state index in [1.165, 1.54) is 30.8 Å². The van der Waals surface area contributed by atoms with Gasteiger partial charge in [-0.25, -0.2) is 0 Å². The van der Waals surface area contributed by atoms with Gasteiger partial charge in [0, 0.05) is 17.0 Å². The number of aliphatic carboxylic acids is 1. The number of amides is 2. The smallest absolute Gasteiger partial charge is 0.543 e. The van der Waals surface area contributed by atoms with Gasteiger partial charge in [0.15, 0.2) is 0 Å². The number of rotatable bonds is 6. The molecule has 0 bridgehead atoms. The molecule has 1 aromatic rings. The number of nitrogens with zero attached hydrogens (tertiary/aromatic N) is 1. The van der Waals surface area contributed by atoms with Gasteiger partial charge in [-0.1, -0.05) is 23.9 Å². The predicted octanol–water partition coefficient (Wildman–Crippen LogP) is -4.26. The quantitative estimate of drug-likeness (QED) is 0.316. The number of carbonyl (C=O) groups excluding carboxylic acids is 3. The van der Waals surface area contributed by atoms with Crippen molar-refractivity contribution < 1.29 is 81.1 Å². The van der Waals surface area contributed by atoms with Gasteiger partial charge in [0.05, 0.1) is 30.3 Å². The maximum atomic E-state index is 12.2. The molecule has 0 saturated carbocycles. The fraction of sp³-hybridized carbons (Fsp3) is 0.353. The van der Waals surface area contributed by atoms with Gasteiger partial charge >= 0.3 is 51.4 Å². The molecular weight excluding hydrogens is 399 g/mol. The third kappa shape index (κ3) is 4.17. The second-order valence-electron chi connectivity index (χ2n) is 6.01. The summed E-state index contributed by atoms with van der Waals surface area (Å²) in [5.74, 6) is -2.91. The summed E-state index contributed by atoms with van der Waals surface area (Å²) in [5.41, 5.74) is 0.695. The van der Waals surface area contributed by atoms with Gasteiger partial charge in [0.25, 0.3) is 5.91 Å². The van der Waals surface area contributed by atoms with Crippen LogP contribution in [0.25, 0.3) is 4.91 Å². The van der Waals surface area contributed by atoms with Crippen LogP contribution in [0, 0.1) is 5.92 Å². The fourth-order valence-electron chi connectivity index (χ4n) is 3.02. The van der Waals surface area contributed by atoms with Crippen LogP contribution in [0.5, 0.6) is 0 Å². The molecule has 0 aromatic heterocycles. The molecule has 0 aliphatic carbocycles. The van der Waals surface area contributed by atoms with Crippen LogP contribution in [0.3, 0.4) is 0 Å². The van der Waals surface area contributed by atoms with Crippen LogP contribution in [0.2, 0.25) is 0 Å². The molecule has 1 unspecified atom stereocenters. The first kappa shape index (κ1) is 22.6. The third-order valence-corrected chi connectivity index (χ3v) is 5.71. The van der Waals surface area contributed by atoms with Crippen LogP contribution in [0.1, 0.15) is 22.8 Å². The van der Waals surface area contributed by atoms with E-state index in [2.05, 4.69) is 5.32 Å². The Labute approximate surface area is 202 Å². The van der Waals surface area contributed by atoms with Crippen molar-refractivity contribution in [1.82, 2.24) is 10.2 Å². The minimum absolute atomic E-state index is 0. The van der Waals surface area contributed by atoms with Crippen LogP contribution in [0.15, 0.2) is 30.0 Å². The Morgan fingerprint density at radius 2 is 1.96 bits per heavy atom. The number of thioether (sulfide) groups is 1. The van der Waals surface area contributed by atoms with E-state index in [4.69, 9.17) is 5.11 Å². The van der Waals surface area contributed by atoms with Crippen molar-refractivity contribution in [3.05, 3.63) is 41.1 Å². The molecule has 10 heteroatoms. The summed E-state index contributed by atoms with van der Waals surface area (Å²) in [5, 5.41) is 32.1. The first-order valence-corrected chi connectivity index (χ1v) is 8.87. The Morgan fingerprint density at radius 1 is 1.33 bits per heavy atom. The Hall–Kier alpha value is -0.724. The second-order valence-corrected chi connectivity index (χ2v) is 7.13. The first-order valence-electron chi connectivity index (χ1n) is 7.99. The maximum absolute atomic E-state index is 12.2. The third-order valence-electron chi connectivity index (χ3n) is 4.30. The minimum Gasteiger partial charge on any atom is -0.543 e. The molecule has 1 fully saturated rings. The standard InChI is InChI=1S/C17H18N2O6S.K/c1-8(21)11-15(23)19-12(17(24)25)13(26-16(11)19)9-2-4-10(5-3-9)14(22)18-6-7-20;/h2-5,8,11,16,20-21H,6-7H2,1H3,(H,18,22)(H,24,25);/q;+1/p-1/t8-,11+,16?;/m1./s1. The van der Waals surface area contributed by atoms with Crippen LogP contribution < -0.4 is 61.8 Å². The van der Waals surface area contributed by atoms with Crippen LogP contribution in [-0.4, -0.2) is 57.5 Å². The average Bonchev–Trinajstić information content (AvgIpc) is 2.94. The molecule has 8 nitrogen and oxygen atoms in total. The summed E-state index contributed by atoms with van der Waals surface area (Å²) in [6, 6.07) is 6.25. The summed E-state index contributed by atoms with van der Waals surface area (Å²) >= 11 is 1.19. The zero-order chi connectivity index (χ0) is 19.0. The first-order chi connectivity index (χ1) is 12.4. The van der Waals surface area contributed by atoms with Crippen molar-refractivity contribution in [3.8, 4) is 0 Å². The Morgan fingerprint density at radius 3 is 2.48 bits per heavy atom. The van der Waals surface area contributed by atoms with Crippen molar-refractivity contribution in [3.63, 3.8) is 0 Å². The number of hydrogen-bond acceptors (Lipinski definition) is 7. The normalized spacial score (nSPS) is 21.9. The topological polar surface area (TPSA) is 130 Å². The van der Waals surface area contributed by atoms with Gasteiger partial charge in [-0.05, 0) is 24.6 Å². The van der Waals surface area contributed by atoms with Gasteiger partial charge in [-0.2, -0.15) is 0 Å². The van der Waals surface area contributed by atoms with E-state index in [0.717, 1.165) is 4.90 Å². The van der Waals surface area contributed by atoms with Crippen LogP contribution in [0.4, 0.5) is 0 Å². The summed E-state index contributed by atoms with van der Waals surface area (Å²) < 4.78 is 0. The van der Waals surface area contributed by atoms with Gasteiger partial charge in [0.2, 0.25) is 5.91 Å². The summed E-state index contributed by atoms with van der Waals surface area (Å²) in [6.07, 6.45) is -0.879. The van der Waals surface area contributed by atoms with Gasteiger partial charge < -0.3 is 25.4 Å². The zero-order valence-corrected chi connectivity index (χ0v) is 18.8. The molecule has 2 aliphatic rings. The number of fused-ring (bicyclic) bond motifs is 1. The zero-order valence-electron chi connectivity index (χ0n) is 14.8. The monoisotopic (exact) mass is 416 g/mol. The molecule has 3 N–H and O–H groups in total. The molecule has 0 radical (unpaired) electrons. The number of carboxylic acids is 1. The number of carboxylic acid groups (broad SMARTS) is 1. The van der Waals surface area contributed by atoms with Crippen molar-refractivity contribution in [2.24, 2.45) is 5.92 Å². The van der Waals surface area contributed by atoms with Crippen molar-refractivity contribution in [1.29, 1.82) is 0 Å². The molecule has 3 rings (SSSR count). The van der Waals surface area contributed by atoms with E-state index in [0.29, 0.717) is 16.0 Å². The van der Waals surface area contributed by atoms with Crippen molar-refractivity contribution in [2.45, 2.75) is 18.4 Å². The number of carbonyl (C=O) groups is 3. The number of hydrogen-bond donors (Lipinski definition) is 3. The number of nitrogens with one attached hydrogen (secondary N) is 1. The van der Waals surface area contributed by atoms with E-state index < -0.39 is 29.3 Å². The Bertz CT molecular complexity index is 795. The number of β-lactam (4-membered cyclic amide) rings is 1. The molecule has 1 saturated heterocycles. The number of aliphatic hydroxyl groups is 2. The van der Waals surface area contributed by atoms with Crippen molar-refractivity contribution >= 4 is 34.5 Å². The summed E-state index contributed by atoms with van der Waals surface area (Å²) in [6.45, 7) is 1.46. The van der Waals surface area contributed by atoms with E-state index in [1.54, 1.807) is 12.1 Å². The second kappa shape index (κ2) is 9.18. The van der Waals surface area contributed by atoms with Gasteiger partial charge in [0.1, 0.15) is 5.37 Å². The van der Waals surface area contributed by atoms with Gasteiger partial charge in [-0.15, -0.1) is 0 Å². The van der Waals surface area contributed by atoms with Crippen LogP contribution >= 0.6 is 11.8 Å². The SMILES string of the molecule is C[C@@H](O)[C@H]1C(=O)N2C(C(=O)[O-])=C(c3ccc(C(=O)NCCO)cc3)SC12.[K+]. The van der Waals surface area contributed by atoms with Crippen LogP contribution in [-0.2, 0) is 9.59 Å². The molecular formula is C17H17KN2O6S. The number of benzene rings is 1. The molecule has 3 atom stereocenters. The molecule has 138 valence electrons. The Kier molecular flexibility index (Phi) is 7.67. The molecule has 2 amide bonds. The van der Waals surface area contributed by atoms with E-state index >= 15 is 0 Å². The van der Waals surface area contributed by atoms with Crippen molar-refractivity contribution in [2.75, 3.05) is 13.2 Å². The van der Waals surface area contributed by atoms with E-state index in [9.17, 15) is 24.6 Å². The maximum Gasteiger partial charge on any atom is 1.00 e. The average molecular weight is 416 g/mol. The van der Waals surface area contributed by atoms with Gasteiger partial charge in [-0.3, -0.25) is 14.5 Å². The molecule has 0 spiro atoms. The number of aliphatic hydroxyl groups excluding tert-OH is 2. The molecule has 2 aliphatic heterocycles. The fourth-order valence-corrected chi connectivity index (χ4v) is 4.63. The van der Waals surface area contributed by atoms with E-state index in [-0.39, 0.29) is 76.1 Å². The summed E-state index contributed by atoms with van der Waals surface area (Å²) in [4.78, 5) is 37.1. The summed E-state index contributed by atoms with van der Waals surface area (Å²) in [7, 11) is 0. The van der Waals surface area contributed by atoms with E-state index in [1.807, 2.05) is 0 Å². The molecule has 1 aromatic carbocycles.